The van der Waals surface area contributed by atoms with Gasteiger partial charge in [-0.05, 0) is 47.7 Å². The fraction of sp³-hybridized carbons (Fsp3) is 1.00. The van der Waals surface area contributed by atoms with Gasteiger partial charge in [0.1, 0.15) is 0 Å². The van der Waals surface area contributed by atoms with Crippen molar-refractivity contribution in [2.45, 2.75) is 65.6 Å². The van der Waals surface area contributed by atoms with Crippen LogP contribution in [0.15, 0.2) is 0 Å². The highest BCUT2D eigenvalue weighted by Gasteiger charge is 2.27. The van der Waals surface area contributed by atoms with Gasteiger partial charge in [-0.1, -0.05) is 13.8 Å². The van der Waals surface area contributed by atoms with Crippen LogP contribution in [0.3, 0.4) is 0 Å². The Labute approximate surface area is 90.1 Å². The fourth-order valence-electron chi connectivity index (χ4n) is 1.63. The quantitative estimate of drug-likeness (QED) is 0.708. The molecule has 0 aromatic rings. The Kier molecular flexibility index (Phi) is 5.68. The Hall–Kier alpha value is -0.0800. The number of hydrogen-bond acceptors (Lipinski definition) is 2. The molecule has 2 unspecified atom stereocenters. The van der Waals surface area contributed by atoms with E-state index < -0.39 is 0 Å². The first-order chi connectivity index (χ1) is 6.36. The monoisotopic (exact) mass is 200 g/mol. The summed E-state index contributed by atoms with van der Waals surface area (Å²) >= 11 is 0. The first kappa shape index (κ1) is 13.9. The van der Waals surface area contributed by atoms with Gasteiger partial charge in [0.2, 0.25) is 0 Å². The smallest absolute Gasteiger partial charge is 0.0220 e. The minimum absolute atomic E-state index is 0.295. The Morgan fingerprint density at radius 3 is 2.07 bits per heavy atom. The summed E-state index contributed by atoms with van der Waals surface area (Å²) in [6, 6.07) is 1.13. The summed E-state index contributed by atoms with van der Waals surface area (Å²) in [4.78, 5) is 2.47. The molecule has 0 saturated carbocycles. The van der Waals surface area contributed by atoms with E-state index >= 15 is 0 Å². The van der Waals surface area contributed by atoms with Gasteiger partial charge in [0.15, 0.2) is 0 Å². The van der Waals surface area contributed by atoms with Gasteiger partial charge in [0.05, 0.1) is 0 Å². The van der Waals surface area contributed by atoms with E-state index in [1.165, 1.54) is 6.42 Å². The minimum atomic E-state index is 0.295. The number of nitrogens with zero attached hydrogens (tertiary/aromatic N) is 1. The molecule has 0 bridgehead atoms. The van der Waals surface area contributed by atoms with Gasteiger partial charge in [-0.15, -0.1) is 0 Å². The average Bonchev–Trinajstić information content (AvgIpc) is 2.15. The summed E-state index contributed by atoms with van der Waals surface area (Å²) < 4.78 is 0. The Morgan fingerprint density at radius 1 is 1.21 bits per heavy atom. The third-order valence-electron chi connectivity index (χ3n) is 3.68. The van der Waals surface area contributed by atoms with Gasteiger partial charge in [-0.3, -0.25) is 4.90 Å². The third kappa shape index (κ3) is 3.58. The maximum absolute atomic E-state index is 3.48. The van der Waals surface area contributed by atoms with Gasteiger partial charge in [-0.25, -0.2) is 0 Å². The van der Waals surface area contributed by atoms with Crippen LogP contribution in [0.2, 0.25) is 0 Å². The van der Waals surface area contributed by atoms with E-state index in [9.17, 15) is 0 Å². The fourth-order valence-corrected chi connectivity index (χ4v) is 1.63. The van der Waals surface area contributed by atoms with Gasteiger partial charge in [0, 0.05) is 17.6 Å². The molecular formula is C12H28N2. The zero-order valence-electron chi connectivity index (χ0n) is 11.0. The molecule has 0 spiro atoms. The van der Waals surface area contributed by atoms with Crippen molar-refractivity contribution in [2.24, 2.45) is 0 Å². The Morgan fingerprint density at radius 2 is 1.71 bits per heavy atom. The normalized spacial score (nSPS) is 17.1. The van der Waals surface area contributed by atoms with Crippen LogP contribution in [0.4, 0.5) is 0 Å². The predicted octanol–water partition coefficient (Wildman–Crippen LogP) is 2.49. The standard InChI is InChI=1S/C12H28N2/c1-8-12(5,6)14(7)11(4)10(3)13-9-2/h10-11,13H,8-9H2,1-7H3. The first-order valence-electron chi connectivity index (χ1n) is 5.83. The molecule has 14 heavy (non-hydrogen) atoms. The van der Waals surface area contributed by atoms with Crippen molar-refractivity contribution >= 4 is 0 Å². The summed E-state index contributed by atoms with van der Waals surface area (Å²) in [5.74, 6) is 0. The lowest BCUT2D eigenvalue weighted by atomic mass is 9.96. The van der Waals surface area contributed by atoms with Gasteiger partial charge >= 0.3 is 0 Å². The van der Waals surface area contributed by atoms with Crippen molar-refractivity contribution in [2.75, 3.05) is 13.6 Å². The maximum atomic E-state index is 3.48. The summed E-state index contributed by atoms with van der Waals surface area (Å²) in [5, 5.41) is 3.48. The molecular weight excluding hydrogens is 172 g/mol. The molecule has 0 aliphatic heterocycles. The van der Waals surface area contributed by atoms with Crippen molar-refractivity contribution in [3.8, 4) is 0 Å². The Balaban J connectivity index is 4.30. The van der Waals surface area contributed by atoms with E-state index in [1.54, 1.807) is 0 Å². The van der Waals surface area contributed by atoms with Crippen LogP contribution < -0.4 is 5.32 Å². The van der Waals surface area contributed by atoms with Crippen LogP contribution in [-0.4, -0.2) is 36.1 Å². The molecule has 0 amide bonds. The van der Waals surface area contributed by atoms with Crippen molar-refractivity contribution in [3.63, 3.8) is 0 Å². The molecule has 2 atom stereocenters. The second kappa shape index (κ2) is 5.72. The summed E-state index contributed by atoms with van der Waals surface area (Å²) in [6.07, 6.45) is 1.19. The minimum Gasteiger partial charge on any atom is -0.313 e. The molecule has 0 heterocycles. The van der Waals surface area contributed by atoms with Crippen LogP contribution in [0, 0.1) is 0 Å². The van der Waals surface area contributed by atoms with Crippen LogP contribution in [-0.2, 0) is 0 Å². The van der Waals surface area contributed by atoms with E-state index in [2.05, 4.69) is 58.8 Å². The molecule has 2 heteroatoms. The van der Waals surface area contributed by atoms with Crippen LogP contribution in [0.5, 0.6) is 0 Å². The van der Waals surface area contributed by atoms with E-state index in [0.717, 1.165) is 6.54 Å². The number of nitrogens with one attached hydrogen (secondary N) is 1. The van der Waals surface area contributed by atoms with Crippen LogP contribution >= 0.6 is 0 Å². The van der Waals surface area contributed by atoms with Crippen LogP contribution in [0.25, 0.3) is 0 Å². The summed E-state index contributed by atoms with van der Waals surface area (Å²) in [7, 11) is 2.22. The second-order valence-corrected chi connectivity index (χ2v) is 4.86. The molecule has 1 N–H and O–H groups in total. The van der Waals surface area contributed by atoms with Gasteiger partial charge in [0.25, 0.3) is 0 Å². The molecule has 2 nitrogen and oxygen atoms in total. The van der Waals surface area contributed by atoms with Gasteiger partial charge < -0.3 is 5.32 Å². The lowest BCUT2D eigenvalue weighted by Crippen LogP contribution is -2.53. The molecule has 86 valence electrons. The number of rotatable bonds is 6. The molecule has 0 aromatic heterocycles. The predicted molar refractivity (Wildman–Crippen MR) is 64.7 cm³/mol. The summed E-state index contributed by atoms with van der Waals surface area (Å²) in [6.45, 7) is 14.6. The van der Waals surface area contributed by atoms with Crippen molar-refractivity contribution in [1.82, 2.24) is 10.2 Å². The van der Waals surface area contributed by atoms with E-state index in [1.807, 2.05) is 0 Å². The van der Waals surface area contributed by atoms with E-state index in [-0.39, 0.29) is 0 Å². The van der Waals surface area contributed by atoms with Gasteiger partial charge in [-0.2, -0.15) is 0 Å². The highest BCUT2D eigenvalue weighted by molar-refractivity contribution is 4.85. The van der Waals surface area contributed by atoms with Crippen molar-refractivity contribution < 1.29 is 0 Å². The highest BCUT2D eigenvalue weighted by Crippen LogP contribution is 2.20. The number of hydrogen-bond donors (Lipinski definition) is 1. The summed E-state index contributed by atoms with van der Waals surface area (Å²) in [5.41, 5.74) is 0.295. The number of likely N-dealkylation sites (N-methyl/N-ethyl adjacent to an activating group) is 2. The Bertz CT molecular complexity index is 154. The second-order valence-electron chi connectivity index (χ2n) is 4.86. The largest absolute Gasteiger partial charge is 0.313 e. The lowest BCUT2D eigenvalue weighted by molar-refractivity contribution is 0.0875. The topological polar surface area (TPSA) is 15.3 Å². The SMILES string of the molecule is CCNC(C)C(C)N(C)C(C)(C)CC. The molecule has 0 rings (SSSR count). The third-order valence-corrected chi connectivity index (χ3v) is 3.68. The molecule has 0 radical (unpaired) electrons. The molecule has 0 saturated heterocycles. The van der Waals surface area contributed by atoms with Crippen molar-refractivity contribution in [1.29, 1.82) is 0 Å². The zero-order chi connectivity index (χ0) is 11.4. The first-order valence-corrected chi connectivity index (χ1v) is 5.83. The van der Waals surface area contributed by atoms with Crippen molar-refractivity contribution in [3.05, 3.63) is 0 Å². The maximum Gasteiger partial charge on any atom is 0.0220 e. The van der Waals surface area contributed by atoms with E-state index in [4.69, 9.17) is 0 Å². The average molecular weight is 200 g/mol. The highest BCUT2D eigenvalue weighted by atomic mass is 15.2. The molecule has 0 fully saturated rings. The molecule has 0 aliphatic rings. The zero-order valence-corrected chi connectivity index (χ0v) is 11.0. The van der Waals surface area contributed by atoms with Crippen LogP contribution in [0.1, 0.15) is 48.0 Å². The molecule has 0 aromatic carbocycles. The lowest BCUT2D eigenvalue weighted by Gasteiger charge is -2.41. The molecule has 0 aliphatic carbocycles. The van der Waals surface area contributed by atoms with E-state index in [0.29, 0.717) is 17.6 Å².